The van der Waals surface area contributed by atoms with E-state index in [1.54, 1.807) is 12.1 Å². The highest BCUT2D eigenvalue weighted by Crippen LogP contribution is 2.68. The topological polar surface area (TPSA) is 20.2 Å². The van der Waals surface area contributed by atoms with E-state index in [2.05, 4.69) is 20.8 Å². The average molecular weight is 485 g/mol. The Labute approximate surface area is 211 Å². The number of aliphatic hydroxyl groups is 1. The van der Waals surface area contributed by atoms with Crippen LogP contribution in [0.3, 0.4) is 0 Å². The van der Waals surface area contributed by atoms with Gasteiger partial charge in [0.1, 0.15) is 0 Å². The molecule has 0 radical (unpaired) electrons. The van der Waals surface area contributed by atoms with Crippen molar-refractivity contribution in [2.24, 2.45) is 46.3 Å². The van der Waals surface area contributed by atoms with E-state index in [-0.39, 0.29) is 11.7 Å². The predicted molar refractivity (Wildman–Crippen MR) is 140 cm³/mol. The van der Waals surface area contributed by atoms with Crippen LogP contribution in [0.4, 0.5) is 8.78 Å². The Morgan fingerprint density at radius 3 is 2.40 bits per heavy atom. The van der Waals surface area contributed by atoms with Crippen LogP contribution in [0, 0.1) is 46.3 Å². The van der Waals surface area contributed by atoms with Gasteiger partial charge in [0.25, 0.3) is 6.08 Å². The molecular formula is C32H46F2O. The molecule has 0 heterocycles. The molecule has 0 aliphatic heterocycles. The number of allylic oxidation sites excluding steroid dienone is 1. The number of aliphatic hydroxyl groups excluding tert-OH is 1. The maximum atomic E-state index is 13.7. The fraction of sp³-hybridized carbons (Fsp3) is 0.750. The fourth-order valence-electron chi connectivity index (χ4n) is 10.00. The zero-order valence-electron chi connectivity index (χ0n) is 22.1. The number of halogens is 2. The lowest BCUT2D eigenvalue weighted by Crippen LogP contribution is -2.54. The summed E-state index contributed by atoms with van der Waals surface area (Å²) < 4.78 is 27.4. The molecule has 5 rings (SSSR count). The lowest BCUT2D eigenvalue weighted by molar-refractivity contribution is -0.129. The van der Waals surface area contributed by atoms with E-state index in [1.807, 2.05) is 18.2 Å². The Morgan fingerprint density at radius 2 is 1.66 bits per heavy atom. The fourth-order valence-corrected chi connectivity index (χ4v) is 10.00. The summed E-state index contributed by atoms with van der Waals surface area (Å²) in [6, 6.07) is 9.19. The first-order valence-electron chi connectivity index (χ1n) is 14.5. The Balaban J connectivity index is 1.23. The Hall–Kier alpha value is -1.22. The van der Waals surface area contributed by atoms with Crippen LogP contribution in [0.5, 0.6) is 0 Å². The van der Waals surface area contributed by atoms with Gasteiger partial charge in [-0.1, -0.05) is 57.5 Å². The summed E-state index contributed by atoms with van der Waals surface area (Å²) in [6.45, 7) is 7.57. The first kappa shape index (κ1) is 25.4. The van der Waals surface area contributed by atoms with Gasteiger partial charge in [0.15, 0.2) is 0 Å². The molecule has 0 amide bonds. The van der Waals surface area contributed by atoms with Gasteiger partial charge in [0, 0.05) is 5.57 Å². The second kappa shape index (κ2) is 9.92. The first-order valence-corrected chi connectivity index (χ1v) is 14.5. The summed E-state index contributed by atoms with van der Waals surface area (Å²) in [6.07, 6.45) is 12.1. The minimum atomic E-state index is -1.52. The van der Waals surface area contributed by atoms with Gasteiger partial charge < -0.3 is 5.11 Å². The largest absolute Gasteiger partial charge is 0.393 e. The molecular weight excluding hydrogens is 438 g/mol. The predicted octanol–water partition coefficient (Wildman–Crippen LogP) is 9.12. The summed E-state index contributed by atoms with van der Waals surface area (Å²) in [7, 11) is 0. The van der Waals surface area contributed by atoms with Crippen LogP contribution in [-0.2, 0) is 0 Å². The molecule has 4 aliphatic carbocycles. The molecule has 0 unspecified atom stereocenters. The van der Waals surface area contributed by atoms with Crippen molar-refractivity contribution in [3.8, 4) is 0 Å². The molecule has 9 atom stereocenters. The van der Waals surface area contributed by atoms with Crippen molar-refractivity contribution in [2.75, 3.05) is 0 Å². The van der Waals surface area contributed by atoms with E-state index >= 15 is 0 Å². The lowest BCUT2D eigenvalue weighted by atomic mass is 9.44. The van der Waals surface area contributed by atoms with Crippen molar-refractivity contribution >= 4 is 5.57 Å². The highest BCUT2D eigenvalue weighted by molar-refractivity contribution is 5.65. The minimum Gasteiger partial charge on any atom is -0.393 e. The van der Waals surface area contributed by atoms with Gasteiger partial charge in [-0.25, -0.2) is 0 Å². The SMILES string of the molecule is C[C@H](CCCC(=C(F)F)c1ccccc1)[C@H]1CC[C@H]2[C@@H]3CC[C@@H]4C[C@H](O)CC[C@]4(C)[C@H]3CC[C@]12C. The standard InChI is InChI=1S/C32H46F2O/c1-21(8-7-11-25(30(33)34)22-9-5-4-6-10-22)27-14-15-28-26-13-12-23-20-24(35)16-18-31(23,2)29(26)17-19-32(27,28)3/h4-6,9-10,21,23-24,26-29,35H,7-8,11-20H2,1-3H3/t21-,23-,24-,26+,27-,28+,29+,31+,32-/m1/s1. The molecule has 1 N–H and O–H groups in total. The van der Waals surface area contributed by atoms with Crippen molar-refractivity contribution in [3.05, 3.63) is 42.0 Å². The first-order chi connectivity index (χ1) is 16.7. The van der Waals surface area contributed by atoms with Gasteiger partial charge in [0.05, 0.1) is 6.10 Å². The number of hydrogen-bond donors (Lipinski definition) is 1. The monoisotopic (exact) mass is 484 g/mol. The van der Waals surface area contributed by atoms with Crippen molar-refractivity contribution < 1.29 is 13.9 Å². The van der Waals surface area contributed by atoms with Crippen molar-refractivity contribution in [3.63, 3.8) is 0 Å². The molecule has 1 aromatic rings. The highest BCUT2D eigenvalue weighted by atomic mass is 19.3. The van der Waals surface area contributed by atoms with E-state index in [0.717, 1.165) is 55.3 Å². The van der Waals surface area contributed by atoms with E-state index < -0.39 is 6.08 Å². The van der Waals surface area contributed by atoms with Gasteiger partial charge in [-0.15, -0.1) is 0 Å². The Bertz CT molecular complexity index is 907. The van der Waals surface area contributed by atoms with E-state index in [9.17, 15) is 13.9 Å². The van der Waals surface area contributed by atoms with Crippen LogP contribution in [-0.4, -0.2) is 11.2 Å². The summed E-state index contributed by atoms with van der Waals surface area (Å²) in [5.74, 6) is 4.57. The summed E-state index contributed by atoms with van der Waals surface area (Å²) in [5.41, 5.74) is 1.76. The molecule has 0 spiro atoms. The molecule has 35 heavy (non-hydrogen) atoms. The van der Waals surface area contributed by atoms with E-state index in [0.29, 0.717) is 28.7 Å². The van der Waals surface area contributed by atoms with Crippen LogP contribution in [0.1, 0.15) is 103 Å². The highest BCUT2D eigenvalue weighted by Gasteiger charge is 2.60. The molecule has 4 saturated carbocycles. The molecule has 1 aromatic carbocycles. The van der Waals surface area contributed by atoms with Crippen LogP contribution in [0.2, 0.25) is 0 Å². The molecule has 4 aliphatic rings. The molecule has 4 fully saturated rings. The normalized spacial score (nSPS) is 41.4. The van der Waals surface area contributed by atoms with Crippen molar-refractivity contribution in [2.45, 2.75) is 104 Å². The minimum absolute atomic E-state index is 0.0710. The van der Waals surface area contributed by atoms with Gasteiger partial charge >= 0.3 is 0 Å². The Morgan fingerprint density at radius 1 is 0.943 bits per heavy atom. The van der Waals surface area contributed by atoms with Crippen LogP contribution < -0.4 is 0 Å². The van der Waals surface area contributed by atoms with Crippen molar-refractivity contribution in [1.29, 1.82) is 0 Å². The molecule has 3 heteroatoms. The molecule has 194 valence electrons. The summed E-state index contributed by atoms with van der Waals surface area (Å²) >= 11 is 0. The summed E-state index contributed by atoms with van der Waals surface area (Å²) in [5, 5.41) is 10.3. The third-order valence-electron chi connectivity index (χ3n) is 11.8. The van der Waals surface area contributed by atoms with Crippen LogP contribution in [0.25, 0.3) is 5.57 Å². The third kappa shape index (κ3) is 4.53. The molecule has 0 bridgehead atoms. The zero-order chi connectivity index (χ0) is 24.8. The maximum absolute atomic E-state index is 13.7. The smallest absolute Gasteiger partial charge is 0.274 e. The van der Waals surface area contributed by atoms with Crippen LogP contribution in [0.15, 0.2) is 36.4 Å². The van der Waals surface area contributed by atoms with Gasteiger partial charge in [-0.2, -0.15) is 8.78 Å². The number of benzene rings is 1. The quantitative estimate of drug-likeness (QED) is 0.427. The van der Waals surface area contributed by atoms with Gasteiger partial charge in [-0.3, -0.25) is 0 Å². The number of hydrogen-bond acceptors (Lipinski definition) is 1. The van der Waals surface area contributed by atoms with E-state index in [4.69, 9.17) is 0 Å². The number of fused-ring (bicyclic) bond motifs is 5. The molecule has 1 nitrogen and oxygen atoms in total. The van der Waals surface area contributed by atoms with Gasteiger partial charge in [0.2, 0.25) is 0 Å². The maximum Gasteiger partial charge on any atom is 0.274 e. The second-order valence-corrected chi connectivity index (χ2v) is 13.3. The van der Waals surface area contributed by atoms with E-state index in [1.165, 1.54) is 44.9 Å². The average Bonchev–Trinajstić information content (AvgIpc) is 3.20. The molecule has 0 aromatic heterocycles. The Kier molecular flexibility index (Phi) is 7.21. The second-order valence-electron chi connectivity index (χ2n) is 13.3. The number of rotatable bonds is 6. The van der Waals surface area contributed by atoms with Crippen LogP contribution >= 0.6 is 0 Å². The van der Waals surface area contributed by atoms with Gasteiger partial charge in [-0.05, 0) is 123 Å². The molecule has 0 saturated heterocycles. The zero-order valence-corrected chi connectivity index (χ0v) is 22.1. The third-order valence-corrected chi connectivity index (χ3v) is 11.8. The lowest BCUT2D eigenvalue weighted by Gasteiger charge is -2.61. The summed E-state index contributed by atoms with van der Waals surface area (Å²) in [4.78, 5) is 0. The van der Waals surface area contributed by atoms with Crippen molar-refractivity contribution in [1.82, 2.24) is 0 Å².